The molecule has 2 aliphatic rings. The number of carbonyl (C=O) groups excluding carboxylic acids is 1. The van der Waals surface area contributed by atoms with E-state index in [4.69, 9.17) is 4.84 Å². The largest absolute Gasteiger partial charge is 0.387 e. The number of carbonyl (C=O) groups is 1. The van der Waals surface area contributed by atoms with Crippen LogP contribution in [0.3, 0.4) is 0 Å². The third-order valence-electron chi connectivity index (χ3n) is 3.71. The molecule has 6 nitrogen and oxygen atoms in total. The number of amides is 1. The summed E-state index contributed by atoms with van der Waals surface area (Å²) in [4.78, 5) is 21.6. The van der Waals surface area contributed by atoms with Crippen molar-refractivity contribution in [3.63, 3.8) is 0 Å². The van der Waals surface area contributed by atoms with E-state index < -0.39 is 0 Å². The summed E-state index contributed by atoms with van der Waals surface area (Å²) in [6.07, 6.45) is 6.03. The number of oxime groups is 1. The molecule has 1 aromatic heterocycles. The van der Waals surface area contributed by atoms with Crippen LogP contribution in [0.4, 0.5) is 0 Å². The van der Waals surface area contributed by atoms with Gasteiger partial charge in [-0.2, -0.15) is 0 Å². The first-order chi connectivity index (χ1) is 9.77. The summed E-state index contributed by atoms with van der Waals surface area (Å²) in [6.45, 7) is 2.22. The second kappa shape index (κ2) is 5.58. The van der Waals surface area contributed by atoms with E-state index in [0.717, 1.165) is 31.5 Å². The molecule has 0 radical (unpaired) electrons. The van der Waals surface area contributed by atoms with Crippen molar-refractivity contribution in [2.75, 3.05) is 13.1 Å². The summed E-state index contributed by atoms with van der Waals surface area (Å²) in [5.74, 6) is -0.156. The summed E-state index contributed by atoms with van der Waals surface area (Å²) in [5.41, 5.74) is 1.14. The smallest absolute Gasteiger partial charge is 0.269 e. The molecule has 1 fully saturated rings. The lowest BCUT2D eigenvalue weighted by Gasteiger charge is -2.30. The summed E-state index contributed by atoms with van der Waals surface area (Å²) in [5, 5.41) is 10.1. The molecule has 1 spiro atoms. The van der Waals surface area contributed by atoms with Gasteiger partial charge in [0.15, 0.2) is 5.60 Å². The predicted molar refractivity (Wildman–Crippen MR) is 74.1 cm³/mol. The molecule has 1 amide bonds. The Kier molecular flexibility index (Phi) is 3.64. The first-order valence-electron chi connectivity index (χ1n) is 6.90. The van der Waals surface area contributed by atoms with Gasteiger partial charge in [-0.05, 0) is 31.0 Å². The molecule has 6 heteroatoms. The zero-order chi connectivity index (χ0) is 13.8. The SMILES string of the molecule is O=C(NCc1cccnc1)C1=NOC2(CCCNC2)C1. The van der Waals surface area contributed by atoms with E-state index in [1.165, 1.54) is 0 Å². The second-order valence-corrected chi connectivity index (χ2v) is 5.31. The second-order valence-electron chi connectivity index (χ2n) is 5.31. The minimum absolute atomic E-state index is 0.156. The van der Waals surface area contributed by atoms with Gasteiger partial charge in [0, 0.05) is 31.9 Å². The van der Waals surface area contributed by atoms with Crippen molar-refractivity contribution in [2.24, 2.45) is 5.16 Å². The van der Waals surface area contributed by atoms with Gasteiger partial charge in [0.05, 0.1) is 0 Å². The first-order valence-corrected chi connectivity index (χ1v) is 6.90. The number of aromatic nitrogens is 1. The Bertz CT molecular complexity index is 509. The Balaban J connectivity index is 1.53. The van der Waals surface area contributed by atoms with Crippen LogP contribution in [0.5, 0.6) is 0 Å². The van der Waals surface area contributed by atoms with Crippen LogP contribution in [-0.4, -0.2) is 35.3 Å². The topological polar surface area (TPSA) is 75.6 Å². The number of hydrogen-bond acceptors (Lipinski definition) is 5. The quantitative estimate of drug-likeness (QED) is 0.846. The minimum Gasteiger partial charge on any atom is -0.387 e. The van der Waals surface area contributed by atoms with Gasteiger partial charge in [0.1, 0.15) is 5.71 Å². The Hall–Kier alpha value is -1.95. The van der Waals surface area contributed by atoms with E-state index in [0.29, 0.717) is 18.7 Å². The van der Waals surface area contributed by atoms with Crippen molar-refractivity contribution >= 4 is 11.6 Å². The monoisotopic (exact) mass is 274 g/mol. The molecule has 0 saturated carbocycles. The first kappa shape index (κ1) is 13.1. The molecule has 106 valence electrons. The van der Waals surface area contributed by atoms with Gasteiger partial charge < -0.3 is 15.5 Å². The number of pyridine rings is 1. The van der Waals surface area contributed by atoms with Crippen LogP contribution in [0.1, 0.15) is 24.8 Å². The van der Waals surface area contributed by atoms with Crippen molar-refractivity contribution in [3.05, 3.63) is 30.1 Å². The molecule has 0 bridgehead atoms. The molecule has 1 unspecified atom stereocenters. The van der Waals surface area contributed by atoms with Crippen LogP contribution in [0.15, 0.2) is 29.7 Å². The van der Waals surface area contributed by atoms with Crippen LogP contribution < -0.4 is 10.6 Å². The van der Waals surface area contributed by atoms with E-state index in [1.54, 1.807) is 12.4 Å². The lowest BCUT2D eigenvalue weighted by atomic mass is 9.89. The van der Waals surface area contributed by atoms with Gasteiger partial charge in [-0.1, -0.05) is 11.2 Å². The molecular formula is C14H18N4O2. The van der Waals surface area contributed by atoms with Gasteiger partial charge in [-0.15, -0.1) is 0 Å². The third-order valence-corrected chi connectivity index (χ3v) is 3.71. The fourth-order valence-corrected chi connectivity index (χ4v) is 2.60. The Morgan fingerprint density at radius 2 is 2.50 bits per heavy atom. The van der Waals surface area contributed by atoms with Crippen molar-refractivity contribution in [1.29, 1.82) is 0 Å². The van der Waals surface area contributed by atoms with Crippen LogP contribution in [0.2, 0.25) is 0 Å². The van der Waals surface area contributed by atoms with E-state index in [9.17, 15) is 4.79 Å². The molecule has 3 rings (SSSR count). The average Bonchev–Trinajstić information content (AvgIpc) is 2.90. The van der Waals surface area contributed by atoms with Crippen molar-refractivity contribution < 1.29 is 9.63 Å². The fourth-order valence-electron chi connectivity index (χ4n) is 2.60. The van der Waals surface area contributed by atoms with Gasteiger partial charge in [-0.3, -0.25) is 9.78 Å². The molecular weight excluding hydrogens is 256 g/mol. The van der Waals surface area contributed by atoms with Gasteiger partial charge >= 0.3 is 0 Å². The maximum Gasteiger partial charge on any atom is 0.269 e. The molecule has 2 aliphatic heterocycles. The molecule has 1 saturated heterocycles. The summed E-state index contributed by atoms with van der Waals surface area (Å²) >= 11 is 0. The van der Waals surface area contributed by atoms with Gasteiger partial charge in [0.2, 0.25) is 0 Å². The molecule has 20 heavy (non-hydrogen) atoms. The number of nitrogens with zero attached hydrogens (tertiary/aromatic N) is 2. The predicted octanol–water partition coefficient (Wildman–Crippen LogP) is 0.596. The summed E-state index contributed by atoms with van der Waals surface area (Å²) in [7, 11) is 0. The highest BCUT2D eigenvalue weighted by molar-refractivity contribution is 6.39. The third kappa shape index (κ3) is 2.80. The van der Waals surface area contributed by atoms with Crippen LogP contribution >= 0.6 is 0 Å². The molecule has 3 heterocycles. The van der Waals surface area contributed by atoms with Crippen molar-refractivity contribution in [1.82, 2.24) is 15.6 Å². The van der Waals surface area contributed by atoms with E-state index in [-0.39, 0.29) is 11.5 Å². The zero-order valence-corrected chi connectivity index (χ0v) is 11.3. The normalized spacial score (nSPS) is 25.1. The summed E-state index contributed by atoms with van der Waals surface area (Å²) in [6, 6.07) is 3.77. The zero-order valence-electron chi connectivity index (χ0n) is 11.3. The number of piperidine rings is 1. The molecule has 0 aliphatic carbocycles. The molecule has 1 atom stereocenters. The summed E-state index contributed by atoms with van der Waals surface area (Å²) < 4.78 is 0. The highest BCUT2D eigenvalue weighted by Crippen LogP contribution is 2.30. The lowest BCUT2D eigenvalue weighted by Crippen LogP contribution is -2.46. The van der Waals surface area contributed by atoms with Crippen molar-refractivity contribution in [3.8, 4) is 0 Å². The van der Waals surface area contributed by atoms with Gasteiger partial charge in [0.25, 0.3) is 5.91 Å². The molecule has 2 N–H and O–H groups in total. The van der Waals surface area contributed by atoms with Crippen molar-refractivity contribution in [2.45, 2.75) is 31.4 Å². The number of nitrogens with one attached hydrogen (secondary N) is 2. The highest BCUT2D eigenvalue weighted by atomic mass is 16.7. The number of rotatable bonds is 3. The minimum atomic E-state index is -0.306. The standard InChI is InChI=1S/C14H18N4O2/c19-13(17-9-11-3-1-5-15-8-11)12-7-14(20-18-12)4-2-6-16-10-14/h1,3,5,8,16H,2,4,6-7,9-10H2,(H,17,19). The van der Waals surface area contributed by atoms with Crippen LogP contribution in [-0.2, 0) is 16.2 Å². The highest BCUT2D eigenvalue weighted by Gasteiger charge is 2.42. The average molecular weight is 274 g/mol. The fraction of sp³-hybridized carbons (Fsp3) is 0.500. The maximum absolute atomic E-state index is 12.1. The number of hydrogen-bond donors (Lipinski definition) is 2. The van der Waals surface area contributed by atoms with Crippen LogP contribution in [0.25, 0.3) is 0 Å². The Morgan fingerprint density at radius 1 is 1.55 bits per heavy atom. The van der Waals surface area contributed by atoms with Gasteiger partial charge in [-0.25, -0.2) is 0 Å². The molecule has 1 aromatic rings. The Labute approximate surface area is 117 Å². The van der Waals surface area contributed by atoms with E-state index in [1.807, 2.05) is 12.1 Å². The Morgan fingerprint density at radius 3 is 3.25 bits per heavy atom. The van der Waals surface area contributed by atoms with E-state index >= 15 is 0 Å². The molecule has 0 aromatic carbocycles. The lowest BCUT2D eigenvalue weighted by molar-refractivity contribution is -0.115. The van der Waals surface area contributed by atoms with E-state index in [2.05, 4.69) is 20.8 Å². The van der Waals surface area contributed by atoms with Crippen LogP contribution in [0, 0.1) is 0 Å². The maximum atomic E-state index is 12.1.